The minimum atomic E-state index is -0.0435. The molecule has 0 radical (unpaired) electrons. The van der Waals surface area contributed by atoms with Crippen LogP contribution in [0, 0.1) is 5.92 Å². The fourth-order valence-corrected chi connectivity index (χ4v) is 2.49. The molecule has 0 saturated carbocycles. The lowest BCUT2D eigenvalue weighted by Gasteiger charge is -2.21. The molecule has 0 spiro atoms. The van der Waals surface area contributed by atoms with Crippen LogP contribution in [0.15, 0.2) is 24.3 Å². The highest BCUT2D eigenvalue weighted by molar-refractivity contribution is 5.79. The average molecular weight is 276 g/mol. The number of ether oxygens (including phenoxy) is 1. The number of rotatable bonds is 5. The molecule has 1 aromatic carbocycles. The molecule has 1 aromatic rings. The summed E-state index contributed by atoms with van der Waals surface area (Å²) in [6, 6.07) is 7.85. The highest BCUT2D eigenvalue weighted by Crippen LogP contribution is 2.26. The van der Waals surface area contributed by atoms with Crippen LogP contribution in [0.2, 0.25) is 0 Å². The van der Waals surface area contributed by atoms with E-state index in [-0.39, 0.29) is 24.0 Å². The Labute approximate surface area is 120 Å². The molecule has 1 fully saturated rings. The third-order valence-corrected chi connectivity index (χ3v) is 3.54. The first-order valence-corrected chi connectivity index (χ1v) is 7.34. The number of amides is 1. The Morgan fingerprint density at radius 3 is 2.75 bits per heavy atom. The summed E-state index contributed by atoms with van der Waals surface area (Å²) in [7, 11) is 0. The fourth-order valence-electron chi connectivity index (χ4n) is 2.49. The van der Waals surface area contributed by atoms with Gasteiger partial charge < -0.3 is 15.4 Å². The molecule has 20 heavy (non-hydrogen) atoms. The predicted octanol–water partition coefficient (Wildman–Crippen LogP) is 2.26. The molecule has 0 bridgehead atoms. The lowest BCUT2D eigenvalue weighted by molar-refractivity contribution is -0.125. The van der Waals surface area contributed by atoms with Gasteiger partial charge in [-0.2, -0.15) is 0 Å². The van der Waals surface area contributed by atoms with Crippen LogP contribution in [-0.2, 0) is 4.79 Å². The van der Waals surface area contributed by atoms with Crippen molar-refractivity contribution in [2.75, 3.05) is 13.1 Å². The molecule has 1 amide bonds. The van der Waals surface area contributed by atoms with E-state index in [1.807, 2.05) is 45.0 Å². The van der Waals surface area contributed by atoms with E-state index in [4.69, 9.17) is 4.74 Å². The quantitative estimate of drug-likeness (QED) is 0.867. The van der Waals surface area contributed by atoms with Gasteiger partial charge in [-0.15, -0.1) is 0 Å². The van der Waals surface area contributed by atoms with E-state index in [2.05, 4.69) is 10.6 Å². The Balaban J connectivity index is 2.04. The van der Waals surface area contributed by atoms with E-state index < -0.39 is 0 Å². The van der Waals surface area contributed by atoms with Crippen LogP contribution in [0.1, 0.15) is 38.8 Å². The van der Waals surface area contributed by atoms with Gasteiger partial charge in [-0.3, -0.25) is 4.79 Å². The van der Waals surface area contributed by atoms with E-state index in [9.17, 15) is 4.79 Å². The third kappa shape index (κ3) is 3.73. The van der Waals surface area contributed by atoms with Crippen molar-refractivity contribution in [2.45, 2.75) is 39.3 Å². The van der Waals surface area contributed by atoms with Gasteiger partial charge in [0.15, 0.2) is 0 Å². The molecule has 1 saturated heterocycles. The molecule has 1 aliphatic rings. The largest absolute Gasteiger partial charge is 0.491 e. The van der Waals surface area contributed by atoms with Gasteiger partial charge in [0, 0.05) is 12.1 Å². The van der Waals surface area contributed by atoms with Gasteiger partial charge in [0.25, 0.3) is 0 Å². The Morgan fingerprint density at radius 2 is 2.10 bits per heavy atom. The molecule has 0 aliphatic carbocycles. The summed E-state index contributed by atoms with van der Waals surface area (Å²) < 4.78 is 5.81. The molecule has 110 valence electrons. The van der Waals surface area contributed by atoms with Crippen LogP contribution >= 0.6 is 0 Å². The van der Waals surface area contributed by atoms with Crippen molar-refractivity contribution >= 4 is 5.91 Å². The maximum atomic E-state index is 12.2. The number of carbonyl (C=O) groups excluding carboxylic acids is 1. The van der Waals surface area contributed by atoms with Crippen LogP contribution in [-0.4, -0.2) is 25.1 Å². The SMILES string of the molecule is CC(C)Oc1ccccc1C(C)NC(=O)C1CCNC1. The van der Waals surface area contributed by atoms with Crippen LogP contribution in [0.4, 0.5) is 0 Å². The lowest BCUT2D eigenvalue weighted by Crippen LogP contribution is -2.34. The number of para-hydroxylation sites is 1. The van der Waals surface area contributed by atoms with Crippen LogP contribution in [0.5, 0.6) is 5.75 Å². The number of hydrogen-bond donors (Lipinski definition) is 2. The summed E-state index contributed by atoms with van der Waals surface area (Å²) in [5, 5.41) is 6.31. The number of carbonyl (C=O) groups is 1. The van der Waals surface area contributed by atoms with Gasteiger partial charge in [-0.05, 0) is 39.8 Å². The fraction of sp³-hybridized carbons (Fsp3) is 0.562. The Kier molecular flexibility index (Phi) is 5.01. The molecule has 1 aliphatic heterocycles. The van der Waals surface area contributed by atoms with Gasteiger partial charge in [-0.1, -0.05) is 18.2 Å². The van der Waals surface area contributed by atoms with Crippen molar-refractivity contribution in [1.29, 1.82) is 0 Å². The zero-order chi connectivity index (χ0) is 14.5. The van der Waals surface area contributed by atoms with E-state index >= 15 is 0 Å². The predicted molar refractivity (Wildman–Crippen MR) is 79.7 cm³/mol. The first-order valence-electron chi connectivity index (χ1n) is 7.34. The van der Waals surface area contributed by atoms with Crippen LogP contribution in [0.25, 0.3) is 0 Å². The maximum Gasteiger partial charge on any atom is 0.224 e. The van der Waals surface area contributed by atoms with Crippen molar-refractivity contribution < 1.29 is 9.53 Å². The van der Waals surface area contributed by atoms with Crippen molar-refractivity contribution in [3.8, 4) is 5.75 Å². The summed E-state index contributed by atoms with van der Waals surface area (Å²) >= 11 is 0. The van der Waals surface area contributed by atoms with Crippen molar-refractivity contribution in [1.82, 2.24) is 10.6 Å². The second kappa shape index (κ2) is 6.75. The van der Waals surface area contributed by atoms with Gasteiger partial charge >= 0.3 is 0 Å². The zero-order valence-electron chi connectivity index (χ0n) is 12.5. The number of benzene rings is 1. The first kappa shape index (κ1) is 14.9. The summed E-state index contributed by atoms with van der Waals surface area (Å²) in [5.41, 5.74) is 1.03. The molecule has 2 unspecified atom stereocenters. The molecule has 4 nitrogen and oxygen atoms in total. The van der Waals surface area contributed by atoms with E-state index in [0.29, 0.717) is 0 Å². The van der Waals surface area contributed by atoms with E-state index in [1.165, 1.54) is 0 Å². The van der Waals surface area contributed by atoms with Gasteiger partial charge in [-0.25, -0.2) is 0 Å². The standard InChI is InChI=1S/C16H24N2O2/c1-11(2)20-15-7-5-4-6-14(15)12(3)18-16(19)13-8-9-17-10-13/h4-7,11-13,17H,8-10H2,1-3H3,(H,18,19). The Morgan fingerprint density at radius 1 is 1.35 bits per heavy atom. The Bertz CT molecular complexity index is 454. The monoisotopic (exact) mass is 276 g/mol. The van der Waals surface area contributed by atoms with Crippen molar-refractivity contribution in [2.24, 2.45) is 5.92 Å². The minimum absolute atomic E-state index is 0.0435. The summed E-state index contributed by atoms with van der Waals surface area (Å²) in [6.07, 6.45) is 1.04. The normalized spacial score (nSPS) is 19.9. The molecular weight excluding hydrogens is 252 g/mol. The summed E-state index contributed by atoms with van der Waals surface area (Å²) in [5.74, 6) is 1.07. The van der Waals surface area contributed by atoms with Crippen molar-refractivity contribution in [3.05, 3.63) is 29.8 Å². The highest BCUT2D eigenvalue weighted by Gasteiger charge is 2.24. The van der Waals surface area contributed by atoms with E-state index in [0.717, 1.165) is 30.8 Å². The average Bonchev–Trinajstić information content (AvgIpc) is 2.92. The Hall–Kier alpha value is -1.55. The topological polar surface area (TPSA) is 50.4 Å². The smallest absolute Gasteiger partial charge is 0.224 e. The zero-order valence-corrected chi connectivity index (χ0v) is 12.5. The number of nitrogens with one attached hydrogen (secondary N) is 2. The molecule has 4 heteroatoms. The molecule has 0 aromatic heterocycles. The lowest BCUT2D eigenvalue weighted by atomic mass is 10.0. The van der Waals surface area contributed by atoms with Crippen LogP contribution in [0.3, 0.4) is 0 Å². The highest BCUT2D eigenvalue weighted by atomic mass is 16.5. The second-order valence-electron chi connectivity index (χ2n) is 5.62. The minimum Gasteiger partial charge on any atom is -0.491 e. The second-order valence-corrected chi connectivity index (χ2v) is 5.62. The van der Waals surface area contributed by atoms with Gasteiger partial charge in [0.2, 0.25) is 5.91 Å². The van der Waals surface area contributed by atoms with E-state index in [1.54, 1.807) is 0 Å². The maximum absolute atomic E-state index is 12.2. The molecule has 1 heterocycles. The molecule has 2 N–H and O–H groups in total. The van der Waals surface area contributed by atoms with Crippen molar-refractivity contribution in [3.63, 3.8) is 0 Å². The molecule has 2 rings (SSSR count). The molecule has 2 atom stereocenters. The van der Waals surface area contributed by atoms with Crippen LogP contribution < -0.4 is 15.4 Å². The summed E-state index contributed by atoms with van der Waals surface area (Å²) in [4.78, 5) is 12.2. The first-order chi connectivity index (χ1) is 9.58. The summed E-state index contributed by atoms with van der Waals surface area (Å²) in [6.45, 7) is 7.72. The van der Waals surface area contributed by atoms with Gasteiger partial charge in [0.1, 0.15) is 5.75 Å². The molecular formula is C16H24N2O2. The number of hydrogen-bond acceptors (Lipinski definition) is 3. The third-order valence-electron chi connectivity index (χ3n) is 3.54. The van der Waals surface area contributed by atoms with Gasteiger partial charge in [0.05, 0.1) is 18.1 Å².